The SMILES string of the molecule is CCCS(=O)(=O)N(C)CCOc1ccc2c(c1)C(Cc1cccc(Cl)c1)C(N)CC2.Cl. The fourth-order valence-corrected chi connectivity index (χ4v) is 5.41. The molecule has 3 rings (SSSR count). The molecule has 0 spiro atoms. The maximum atomic E-state index is 12.1. The lowest BCUT2D eigenvalue weighted by molar-refractivity contribution is 0.286. The molecule has 0 heterocycles. The fraction of sp³-hybridized carbons (Fsp3) is 0.478. The van der Waals surface area contributed by atoms with Crippen LogP contribution in [0.15, 0.2) is 42.5 Å². The zero-order chi connectivity index (χ0) is 21.7. The number of nitrogens with two attached hydrogens (primary N) is 1. The number of hydrogen-bond donors (Lipinski definition) is 1. The maximum Gasteiger partial charge on any atom is 0.213 e. The van der Waals surface area contributed by atoms with E-state index in [4.69, 9.17) is 22.1 Å². The standard InChI is InChI=1S/C23H31ClN2O3S.ClH/c1-3-13-30(27,28)26(2)11-12-29-20-9-7-18-8-10-23(25)22(21(18)16-20)15-17-5-4-6-19(24)14-17;/h4-7,9,14,16,22-23H,3,8,10-13,15,25H2,1-2H3;1H. The molecule has 2 aromatic carbocycles. The van der Waals surface area contributed by atoms with Crippen LogP contribution in [0.5, 0.6) is 5.75 Å². The van der Waals surface area contributed by atoms with Crippen molar-refractivity contribution in [2.45, 2.75) is 44.6 Å². The predicted octanol–water partition coefficient (Wildman–Crippen LogP) is 4.41. The Kier molecular flexibility index (Phi) is 9.65. The van der Waals surface area contributed by atoms with Crippen molar-refractivity contribution in [1.82, 2.24) is 4.31 Å². The summed E-state index contributed by atoms with van der Waals surface area (Å²) in [6, 6.07) is 14.2. The van der Waals surface area contributed by atoms with Crippen LogP contribution in [-0.2, 0) is 22.9 Å². The van der Waals surface area contributed by atoms with Gasteiger partial charge < -0.3 is 10.5 Å². The van der Waals surface area contributed by atoms with Gasteiger partial charge in [0.05, 0.1) is 5.75 Å². The molecule has 31 heavy (non-hydrogen) atoms. The summed E-state index contributed by atoms with van der Waals surface area (Å²) in [5.74, 6) is 1.11. The van der Waals surface area contributed by atoms with Gasteiger partial charge >= 0.3 is 0 Å². The number of halogens is 2. The second kappa shape index (κ2) is 11.5. The van der Waals surface area contributed by atoms with Crippen LogP contribution in [0.2, 0.25) is 5.02 Å². The number of fused-ring (bicyclic) bond motifs is 1. The number of rotatable bonds is 9. The summed E-state index contributed by atoms with van der Waals surface area (Å²) in [6.07, 6.45) is 3.35. The van der Waals surface area contributed by atoms with E-state index in [1.165, 1.54) is 21.0 Å². The Bertz CT molecular complexity index is 969. The Hall–Kier alpha value is -1.31. The molecule has 2 N–H and O–H groups in total. The van der Waals surface area contributed by atoms with Gasteiger partial charge in [0.2, 0.25) is 10.0 Å². The lowest BCUT2D eigenvalue weighted by atomic mass is 9.76. The molecule has 2 atom stereocenters. The molecule has 0 saturated carbocycles. The van der Waals surface area contributed by atoms with Crippen LogP contribution in [-0.4, -0.2) is 44.7 Å². The van der Waals surface area contributed by atoms with E-state index in [1.807, 2.05) is 31.2 Å². The summed E-state index contributed by atoms with van der Waals surface area (Å²) < 4.78 is 31.4. The molecule has 0 aliphatic heterocycles. The Balaban J connectivity index is 0.00000341. The highest BCUT2D eigenvalue weighted by atomic mass is 35.5. The topological polar surface area (TPSA) is 72.6 Å². The first kappa shape index (κ1) is 25.9. The molecule has 0 saturated heterocycles. The molecule has 2 unspecified atom stereocenters. The van der Waals surface area contributed by atoms with E-state index in [1.54, 1.807) is 7.05 Å². The van der Waals surface area contributed by atoms with Gasteiger partial charge in [-0.15, -0.1) is 12.4 Å². The Morgan fingerprint density at radius 3 is 2.71 bits per heavy atom. The molecule has 1 aliphatic rings. The van der Waals surface area contributed by atoms with Crippen molar-refractivity contribution >= 4 is 34.0 Å². The first-order valence-electron chi connectivity index (χ1n) is 10.5. The monoisotopic (exact) mass is 486 g/mol. The van der Waals surface area contributed by atoms with E-state index in [2.05, 4.69) is 18.2 Å². The zero-order valence-corrected chi connectivity index (χ0v) is 20.5. The third-order valence-electron chi connectivity index (χ3n) is 5.74. The second-order valence-corrected chi connectivity index (χ2v) is 10.6. The number of aryl methyl sites for hydroxylation is 1. The van der Waals surface area contributed by atoms with Gasteiger partial charge in [0.1, 0.15) is 12.4 Å². The van der Waals surface area contributed by atoms with Crippen LogP contribution in [0.3, 0.4) is 0 Å². The number of benzene rings is 2. The summed E-state index contributed by atoms with van der Waals surface area (Å²) in [5.41, 5.74) is 10.2. The van der Waals surface area contributed by atoms with Crippen LogP contribution >= 0.6 is 24.0 Å². The number of ether oxygens (including phenoxy) is 1. The van der Waals surface area contributed by atoms with Crippen molar-refractivity contribution < 1.29 is 13.2 Å². The van der Waals surface area contributed by atoms with Crippen LogP contribution < -0.4 is 10.5 Å². The number of likely N-dealkylation sites (N-methyl/N-ethyl adjacent to an activating group) is 1. The first-order chi connectivity index (χ1) is 14.3. The highest BCUT2D eigenvalue weighted by Gasteiger charge is 2.28. The predicted molar refractivity (Wildman–Crippen MR) is 130 cm³/mol. The third kappa shape index (κ3) is 6.83. The molecule has 0 radical (unpaired) electrons. The van der Waals surface area contributed by atoms with Crippen LogP contribution in [0, 0.1) is 0 Å². The number of hydrogen-bond acceptors (Lipinski definition) is 4. The van der Waals surface area contributed by atoms with Gasteiger partial charge in [-0.2, -0.15) is 0 Å². The summed E-state index contributed by atoms with van der Waals surface area (Å²) >= 11 is 6.16. The van der Waals surface area contributed by atoms with Crippen LogP contribution in [0.25, 0.3) is 0 Å². The van der Waals surface area contributed by atoms with Gasteiger partial charge in [0.15, 0.2) is 0 Å². The van der Waals surface area contributed by atoms with E-state index in [-0.39, 0.29) is 30.1 Å². The summed E-state index contributed by atoms with van der Waals surface area (Å²) in [7, 11) is -1.61. The summed E-state index contributed by atoms with van der Waals surface area (Å²) in [4.78, 5) is 0. The molecule has 5 nitrogen and oxygen atoms in total. The Labute approximate surface area is 197 Å². The Morgan fingerprint density at radius 1 is 1.23 bits per heavy atom. The lowest BCUT2D eigenvalue weighted by Crippen LogP contribution is -2.34. The van der Waals surface area contributed by atoms with Crippen molar-refractivity contribution in [2.75, 3.05) is 26.0 Å². The summed E-state index contributed by atoms with van der Waals surface area (Å²) in [6.45, 7) is 2.49. The first-order valence-corrected chi connectivity index (χ1v) is 12.5. The highest BCUT2D eigenvalue weighted by molar-refractivity contribution is 7.89. The molecule has 172 valence electrons. The van der Waals surface area contributed by atoms with Crippen molar-refractivity contribution in [1.29, 1.82) is 0 Å². The van der Waals surface area contributed by atoms with Gasteiger partial charge in [-0.3, -0.25) is 0 Å². The van der Waals surface area contributed by atoms with E-state index >= 15 is 0 Å². The molecule has 0 bridgehead atoms. The largest absolute Gasteiger partial charge is 0.492 e. The quantitative estimate of drug-likeness (QED) is 0.569. The highest BCUT2D eigenvalue weighted by Crippen LogP contribution is 2.36. The normalized spacial score (nSPS) is 18.4. The van der Waals surface area contributed by atoms with Crippen molar-refractivity contribution in [2.24, 2.45) is 5.73 Å². The van der Waals surface area contributed by atoms with E-state index < -0.39 is 10.0 Å². The minimum Gasteiger partial charge on any atom is -0.492 e. The molecule has 2 aromatic rings. The third-order valence-corrected chi connectivity index (χ3v) is 8.03. The van der Waals surface area contributed by atoms with Gasteiger partial charge in [-0.05, 0) is 66.6 Å². The average Bonchev–Trinajstić information content (AvgIpc) is 2.70. The molecular formula is C23H32Cl2N2O3S. The van der Waals surface area contributed by atoms with Crippen molar-refractivity contribution in [3.63, 3.8) is 0 Å². The molecule has 8 heteroatoms. The van der Waals surface area contributed by atoms with Crippen molar-refractivity contribution in [3.05, 3.63) is 64.2 Å². The van der Waals surface area contributed by atoms with E-state index in [9.17, 15) is 8.42 Å². The fourth-order valence-electron chi connectivity index (χ4n) is 4.01. The van der Waals surface area contributed by atoms with Gasteiger partial charge in [-0.25, -0.2) is 12.7 Å². The minimum atomic E-state index is -3.21. The van der Waals surface area contributed by atoms with E-state index in [0.717, 1.165) is 30.0 Å². The van der Waals surface area contributed by atoms with Gasteiger partial charge in [0.25, 0.3) is 0 Å². The van der Waals surface area contributed by atoms with Crippen LogP contribution in [0.4, 0.5) is 0 Å². The number of sulfonamides is 1. The molecule has 1 aliphatic carbocycles. The molecule has 0 aromatic heterocycles. The molecule has 0 fully saturated rings. The minimum absolute atomic E-state index is 0. The molecule has 0 amide bonds. The van der Waals surface area contributed by atoms with Crippen LogP contribution in [0.1, 0.15) is 42.4 Å². The van der Waals surface area contributed by atoms with E-state index in [0.29, 0.717) is 19.6 Å². The second-order valence-electron chi connectivity index (χ2n) is 7.99. The smallest absolute Gasteiger partial charge is 0.213 e. The zero-order valence-electron chi connectivity index (χ0n) is 18.1. The summed E-state index contributed by atoms with van der Waals surface area (Å²) in [5, 5.41) is 0.733. The average molecular weight is 487 g/mol. The lowest BCUT2D eigenvalue weighted by Gasteiger charge is -2.32. The molecular weight excluding hydrogens is 455 g/mol. The van der Waals surface area contributed by atoms with Crippen molar-refractivity contribution in [3.8, 4) is 5.75 Å². The van der Waals surface area contributed by atoms with Gasteiger partial charge in [-0.1, -0.05) is 36.7 Å². The van der Waals surface area contributed by atoms with Gasteiger partial charge in [0, 0.05) is 30.6 Å². The number of nitrogens with zero attached hydrogens (tertiary/aromatic N) is 1. The Morgan fingerprint density at radius 2 is 2.00 bits per heavy atom. The maximum absolute atomic E-state index is 12.1.